The van der Waals surface area contributed by atoms with E-state index in [4.69, 9.17) is 10.5 Å². The molecule has 0 heterocycles. The molecule has 88 valence electrons. The Morgan fingerprint density at radius 1 is 1.31 bits per heavy atom. The number of rotatable bonds is 7. The zero-order chi connectivity index (χ0) is 11.8. The molecule has 1 aromatic rings. The van der Waals surface area contributed by atoms with Crippen LogP contribution in [-0.2, 0) is 6.42 Å². The quantitative estimate of drug-likeness (QED) is 0.770. The van der Waals surface area contributed by atoms with Crippen LogP contribution in [0.3, 0.4) is 0 Å². The minimum atomic E-state index is -0.458. The fraction of sp³-hybridized carbons (Fsp3) is 0.385. The zero-order valence-corrected chi connectivity index (χ0v) is 9.42. The summed E-state index contributed by atoms with van der Waals surface area (Å²) in [5.74, 6) is 0.713. The molecule has 0 aromatic heterocycles. The van der Waals surface area contributed by atoms with Crippen LogP contribution < -0.4 is 10.5 Å². The largest absolute Gasteiger partial charge is 0.491 e. The van der Waals surface area contributed by atoms with E-state index in [2.05, 4.69) is 6.58 Å². The van der Waals surface area contributed by atoms with Crippen molar-refractivity contribution in [1.29, 1.82) is 0 Å². The first kappa shape index (κ1) is 12.6. The predicted octanol–water partition coefficient (Wildman–Crippen LogP) is 2.83. The van der Waals surface area contributed by atoms with Crippen molar-refractivity contribution in [2.75, 3.05) is 13.3 Å². The van der Waals surface area contributed by atoms with Crippen LogP contribution in [0.15, 0.2) is 36.5 Å². The van der Waals surface area contributed by atoms with Gasteiger partial charge in [0.05, 0.1) is 0 Å². The van der Waals surface area contributed by atoms with E-state index >= 15 is 0 Å². The lowest BCUT2D eigenvalue weighted by Crippen LogP contribution is -1.99. The topological polar surface area (TPSA) is 35.2 Å². The van der Waals surface area contributed by atoms with Crippen molar-refractivity contribution in [3.05, 3.63) is 42.1 Å². The molecule has 1 aromatic carbocycles. The average molecular weight is 222 g/mol. The minimum Gasteiger partial charge on any atom is -0.491 e. The van der Waals surface area contributed by atoms with Crippen LogP contribution in [0.2, 0.25) is 0 Å². The third-order valence-electron chi connectivity index (χ3n) is 2.23. The summed E-state index contributed by atoms with van der Waals surface area (Å²) in [5, 5.41) is 0. The number of ether oxygens (including phenoxy) is 1. The summed E-state index contributed by atoms with van der Waals surface area (Å²) in [6.45, 7) is 3.32. The SMILES string of the molecule is C=C(N)CCCc1ccc(OCC[18F])cc1. The summed E-state index contributed by atoms with van der Waals surface area (Å²) in [6.07, 6.45) is 2.82. The van der Waals surface area contributed by atoms with Crippen molar-refractivity contribution < 1.29 is 9.13 Å². The van der Waals surface area contributed by atoms with E-state index in [0.717, 1.165) is 25.0 Å². The zero-order valence-electron chi connectivity index (χ0n) is 9.42. The molecule has 3 heteroatoms. The summed E-state index contributed by atoms with van der Waals surface area (Å²) < 4.78 is 17.0. The van der Waals surface area contributed by atoms with Crippen LogP contribution >= 0.6 is 0 Å². The fourth-order valence-corrected chi connectivity index (χ4v) is 1.43. The Balaban J connectivity index is 2.36. The predicted molar refractivity (Wildman–Crippen MR) is 64.2 cm³/mol. The van der Waals surface area contributed by atoms with Gasteiger partial charge in [-0.2, -0.15) is 0 Å². The van der Waals surface area contributed by atoms with Crippen LogP contribution in [-0.4, -0.2) is 13.3 Å². The summed E-state index contributed by atoms with van der Waals surface area (Å²) in [4.78, 5) is 0. The van der Waals surface area contributed by atoms with Crippen molar-refractivity contribution >= 4 is 0 Å². The fourth-order valence-electron chi connectivity index (χ4n) is 1.43. The van der Waals surface area contributed by atoms with Crippen LogP contribution in [0.5, 0.6) is 5.75 Å². The van der Waals surface area contributed by atoms with Gasteiger partial charge in [0.1, 0.15) is 19.0 Å². The lowest BCUT2D eigenvalue weighted by Gasteiger charge is -2.05. The van der Waals surface area contributed by atoms with Gasteiger partial charge in [0.15, 0.2) is 0 Å². The highest BCUT2D eigenvalue weighted by Crippen LogP contribution is 2.14. The standard InChI is InChI=1S/C13H18FNO/c1-11(15)3-2-4-12-5-7-13(8-6-12)16-10-9-14/h5-8H,1-4,9-10,15H2/i14-1. The number of hydrogen-bond acceptors (Lipinski definition) is 2. The molecule has 0 aliphatic rings. The van der Waals surface area contributed by atoms with Crippen molar-refractivity contribution in [2.45, 2.75) is 19.3 Å². The monoisotopic (exact) mass is 222 g/mol. The third-order valence-corrected chi connectivity index (χ3v) is 2.23. The smallest absolute Gasteiger partial charge is 0.123 e. The molecule has 0 saturated carbocycles. The number of aryl methyl sites for hydroxylation is 1. The van der Waals surface area contributed by atoms with Gasteiger partial charge >= 0.3 is 0 Å². The lowest BCUT2D eigenvalue weighted by atomic mass is 10.1. The van der Waals surface area contributed by atoms with Crippen LogP contribution in [0.1, 0.15) is 18.4 Å². The molecule has 0 bridgehead atoms. The number of hydrogen-bond donors (Lipinski definition) is 1. The van der Waals surface area contributed by atoms with Gasteiger partial charge in [-0.3, -0.25) is 0 Å². The van der Waals surface area contributed by atoms with Crippen molar-refractivity contribution in [3.8, 4) is 5.75 Å². The van der Waals surface area contributed by atoms with Gasteiger partial charge in [0.2, 0.25) is 0 Å². The average Bonchev–Trinajstić information content (AvgIpc) is 2.27. The van der Waals surface area contributed by atoms with E-state index in [1.54, 1.807) is 0 Å². The molecular formula is C13H18FNO. The van der Waals surface area contributed by atoms with Crippen LogP contribution in [0, 0.1) is 0 Å². The van der Waals surface area contributed by atoms with Gasteiger partial charge in [0.25, 0.3) is 0 Å². The van der Waals surface area contributed by atoms with Gasteiger partial charge in [-0.1, -0.05) is 18.7 Å². The maximum absolute atomic E-state index is 11.9. The highest BCUT2D eigenvalue weighted by Gasteiger charge is 1.96. The Labute approximate surface area is 95.9 Å². The van der Waals surface area contributed by atoms with E-state index < -0.39 is 6.67 Å². The summed E-state index contributed by atoms with van der Waals surface area (Å²) in [7, 11) is 0. The van der Waals surface area contributed by atoms with Gasteiger partial charge in [-0.25, -0.2) is 4.39 Å². The van der Waals surface area contributed by atoms with Crippen molar-refractivity contribution in [3.63, 3.8) is 0 Å². The van der Waals surface area contributed by atoms with E-state index in [1.807, 2.05) is 24.3 Å². The molecule has 0 aliphatic carbocycles. The first-order valence-electron chi connectivity index (χ1n) is 5.43. The Hall–Kier alpha value is -1.51. The molecule has 0 amide bonds. The second kappa shape index (κ2) is 6.88. The summed E-state index contributed by atoms with van der Waals surface area (Å²) in [6, 6.07) is 7.71. The van der Waals surface area contributed by atoms with Gasteiger partial charge in [-0.15, -0.1) is 0 Å². The maximum atomic E-state index is 11.9. The second-order valence-electron chi connectivity index (χ2n) is 3.69. The van der Waals surface area contributed by atoms with E-state index in [1.165, 1.54) is 5.56 Å². The Morgan fingerprint density at radius 2 is 2.00 bits per heavy atom. The van der Waals surface area contributed by atoms with Crippen LogP contribution in [0.4, 0.5) is 4.39 Å². The van der Waals surface area contributed by atoms with Gasteiger partial charge in [0, 0.05) is 5.70 Å². The summed E-state index contributed by atoms with van der Waals surface area (Å²) in [5.41, 5.74) is 7.44. The van der Waals surface area contributed by atoms with Gasteiger partial charge < -0.3 is 10.5 Å². The Morgan fingerprint density at radius 3 is 2.56 bits per heavy atom. The number of benzene rings is 1. The number of alkyl halides is 1. The molecule has 0 fully saturated rings. The molecule has 0 spiro atoms. The highest BCUT2D eigenvalue weighted by atomic mass is 18.2. The lowest BCUT2D eigenvalue weighted by molar-refractivity contribution is 0.273. The van der Waals surface area contributed by atoms with E-state index in [9.17, 15) is 4.39 Å². The first-order chi connectivity index (χ1) is 7.72. The first-order valence-corrected chi connectivity index (χ1v) is 5.43. The molecule has 2 nitrogen and oxygen atoms in total. The minimum absolute atomic E-state index is 0.117. The molecule has 0 atom stereocenters. The second-order valence-corrected chi connectivity index (χ2v) is 3.69. The van der Waals surface area contributed by atoms with Crippen LogP contribution in [0.25, 0.3) is 0 Å². The summed E-state index contributed by atoms with van der Waals surface area (Å²) >= 11 is 0. The van der Waals surface area contributed by atoms with E-state index in [0.29, 0.717) is 5.75 Å². The number of nitrogens with two attached hydrogens (primary N) is 1. The number of halogens is 1. The van der Waals surface area contributed by atoms with Crippen molar-refractivity contribution in [2.24, 2.45) is 5.73 Å². The maximum Gasteiger partial charge on any atom is 0.123 e. The molecule has 0 unspecified atom stereocenters. The normalized spacial score (nSPS) is 10.1. The molecule has 0 radical (unpaired) electrons. The molecule has 1 rings (SSSR count). The van der Waals surface area contributed by atoms with Gasteiger partial charge in [-0.05, 0) is 37.0 Å². The molecular weight excluding hydrogens is 204 g/mol. The van der Waals surface area contributed by atoms with Crippen molar-refractivity contribution in [1.82, 2.24) is 0 Å². The Bertz CT molecular complexity index is 321. The van der Waals surface area contributed by atoms with E-state index in [-0.39, 0.29) is 6.61 Å². The molecule has 0 saturated heterocycles. The third kappa shape index (κ3) is 4.82. The molecule has 0 aliphatic heterocycles. The molecule has 2 N–H and O–H groups in total. The number of allylic oxidation sites excluding steroid dienone is 1. The Kier molecular flexibility index (Phi) is 5.40. The highest BCUT2D eigenvalue weighted by molar-refractivity contribution is 5.27. The molecule has 16 heavy (non-hydrogen) atoms.